The van der Waals surface area contributed by atoms with E-state index in [1.54, 1.807) is 0 Å². The Morgan fingerprint density at radius 1 is 1.21 bits per heavy atom. The fraction of sp³-hybridized carbons (Fsp3) is 0.684. The summed E-state index contributed by atoms with van der Waals surface area (Å²) < 4.78 is 38.3. The molecule has 1 aromatic carbocycles. The first kappa shape index (κ1) is 17.7. The zero-order valence-corrected chi connectivity index (χ0v) is 14.8. The van der Waals surface area contributed by atoms with Gasteiger partial charge in [0, 0.05) is 19.1 Å². The van der Waals surface area contributed by atoms with Gasteiger partial charge in [0.2, 0.25) is 0 Å². The van der Waals surface area contributed by atoms with Gasteiger partial charge >= 0.3 is 6.18 Å². The van der Waals surface area contributed by atoms with E-state index >= 15 is 0 Å². The van der Waals surface area contributed by atoms with E-state index in [9.17, 15) is 13.2 Å². The molecule has 0 amide bonds. The molecule has 0 aromatic heterocycles. The summed E-state index contributed by atoms with van der Waals surface area (Å²) in [6.07, 6.45) is -1.13. The van der Waals surface area contributed by atoms with Crippen molar-refractivity contribution in [3.8, 4) is 0 Å². The molecule has 2 aliphatic rings. The number of rotatable bonds is 2. The van der Waals surface area contributed by atoms with Crippen LogP contribution in [0.3, 0.4) is 0 Å². The van der Waals surface area contributed by atoms with Crippen LogP contribution in [0, 0.1) is 0 Å². The molecule has 24 heavy (non-hydrogen) atoms. The molecule has 1 aromatic rings. The van der Waals surface area contributed by atoms with Crippen molar-refractivity contribution in [1.82, 2.24) is 10.2 Å². The van der Waals surface area contributed by atoms with Gasteiger partial charge in [0.25, 0.3) is 0 Å². The van der Waals surface area contributed by atoms with Gasteiger partial charge in [0.15, 0.2) is 0 Å². The van der Waals surface area contributed by atoms with Gasteiger partial charge in [0.1, 0.15) is 0 Å². The Labute approximate surface area is 142 Å². The summed E-state index contributed by atoms with van der Waals surface area (Å²) >= 11 is 0. The van der Waals surface area contributed by atoms with Crippen molar-refractivity contribution in [2.75, 3.05) is 19.6 Å². The molecule has 5 heteroatoms. The van der Waals surface area contributed by atoms with E-state index < -0.39 is 12.7 Å². The molecule has 3 rings (SSSR count). The third-order valence-corrected chi connectivity index (χ3v) is 5.15. The van der Waals surface area contributed by atoms with Gasteiger partial charge in [-0.25, -0.2) is 0 Å². The van der Waals surface area contributed by atoms with E-state index in [-0.39, 0.29) is 5.41 Å². The van der Waals surface area contributed by atoms with Crippen molar-refractivity contribution in [1.29, 1.82) is 0 Å². The fourth-order valence-corrected chi connectivity index (χ4v) is 3.87. The average Bonchev–Trinajstić information content (AvgIpc) is 2.97. The van der Waals surface area contributed by atoms with Crippen LogP contribution in [-0.4, -0.2) is 30.7 Å². The smallest absolute Gasteiger partial charge is 0.310 e. The molecule has 134 valence electrons. The summed E-state index contributed by atoms with van der Waals surface area (Å²) in [4.78, 5) is 1.53. The lowest BCUT2D eigenvalue weighted by atomic mass is 9.80. The van der Waals surface area contributed by atoms with E-state index in [2.05, 4.69) is 38.2 Å². The Hall–Kier alpha value is -1.07. The SMILES string of the molecule is CC(C)(C)c1cc2c(c([C@@H]3CCCN3)c1)CCN(CC(F)(F)F)C2. The van der Waals surface area contributed by atoms with E-state index in [0.29, 0.717) is 25.6 Å². The second kappa shape index (κ2) is 6.34. The number of nitrogens with zero attached hydrogens (tertiary/aromatic N) is 1. The minimum absolute atomic E-state index is 0.00527. The monoisotopic (exact) mass is 340 g/mol. The van der Waals surface area contributed by atoms with Crippen LogP contribution in [-0.2, 0) is 18.4 Å². The van der Waals surface area contributed by atoms with E-state index in [1.165, 1.54) is 28.0 Å². The first-order chi connectivity index (χ1) is 11.1. The lowest BCUT2D eigenvalue weighted by molar-refractivity contribution is -0.147. The second-order valence-corrected chi connectivity index (χ2v) is 8.18. The quantitative estimate of drug-likeness (QED) is 0.862. The molecule has 0 saturated carbocycles. The lowest BCUT2D eigenvalue weighted by Crippen LogP contribution is -2.38. The third kappa shape index (κ3) is 3.94. The molecule has 1 atom stereocenters. The number of halogens is 3. The van der Waals surface area contributed by atoms with Crippen molar-refractivity contribution >= 4 is 0 Å². The molecule has 1 saturated heterocycles. The summed E-state index contributed by atoms with van der Waals surface area (Å²) in [6.45, 7) is 7.59. The largest absolute Gasteiger partial charge is 0.401 e. The van der Waals surface area contributed by atoms with Gasteiger partial charge in [-0.15, -0.1) is 0 Å². The van der Waals surface area contributed by atoms with E-state index in [4.69, 9.17) is 0 Å². The van der Waals surface area contributed by atoms with Gasteiger partial charge in [-0.2, -0.15) is 13.2 Å². The topological polar surface area (TPSA) is 15.3 Å². The van der Waals surface area contributed by atoms with Gasteiger partial charge in [-0.05, 0) is 53.5 Å². The second-order valence-electron chi connectivity index (χ2n) is 8.18. The maximum absolute atomic E-state index is 12.8. The Kier molecular flexibility index (Phi) is 4.69. The average molecular weight is 340 g/mol. The molecule has 0 aliphatic carbocycles. The first-order valence-electron chi connectivity index (χ1n) is 8.82. The number of hydrogen-bond donors (Lipinski definition) is 1. The van der Waals surface area contributed by atoms with Crippen LogP contribution < -0.4 is 5.32 Å². The summed E-state index contributed by atoms with van der Waals surface area (Å²) in [5, 5.41) is 3.56. The van der Waals surface area contributed by atoms with Crippen molar-refractivity contribution in [2.45, 2.75) is 64.2 Å². The molecular weight excluding hydrogens is 313 g/mol. The number of fused-ring (bicyclic) bond motifs is 1. The van der Waals surface area contributed by atoms with Crippen molar-refractivity contribution in [3.63, 3.8) is 0 Å². The maximum Gasteiger partial charge on any atom is 0.401 e. The molecule has 1 fully saturated rings. The Morgan fingerprint density at radius 2 is 1.96 bits per heavy atom. The van der Waals surface area contributed by atoms with E-state index in [0.717, 1.165) is 18.5 Å². The van der Waals surface area contributed by atoms with Crippen LogP contribution in [0.1, 0.15) is 61.9 Å². The van der Waals surface area contributed by atoms with Crippen LogP contribution in [0.15, 0.2) is 12.1 Å². The number of hydrogen-bond acceptors (Lipinski definition) is 2. The van der Waals surface area contributed by atoms with Crippen molar-refractivity contribution < 1.29 is 13.2 Å². The third-order valence-electron chi connectivity index (χ3n) is 5.15. The molecular formula is C19H27F3N2. The number of alkyl halides is 3. The zero-order valence-electron chi connectivity index (χ0n) is 14.8. The highest BCUT2D eigenvalue weighted by Gasteiger charge is 2.34. The minimum atomic E-state index is -4.13. The van der Waals surface area contributed by atoms with Crippen molar-refractivity contribution in [2.24, 2.45) is 0 Å². The maximum atomic E-state index is 12.8. The van der Waals surface area contributed by atoms with Gasteiger partial charge < -0.3 is 5.32 Å². The number of benzene rings is 1. The van der Waals surface area contributed by atoms with Crippen molar-refractivity contribution in [3.05, 3.63) is 34.4 Å². The summed E-state index contributed by atoms with van der Waals surface area (Å²) in [5.41, 5.74) is 4.90. The zero-order chi connectivity index (χ0) is 17.5. The summed E-state index contributed by atoms with van der Waals surface area (Å²) in [6, 6.07) is 4.78. The highest BCUT2D eigenvalue weighted by atomic mass is 19.4. The Balaban J connectivity index is 1.96. The predicted octanol–water partition coefficient (Wildman–Crippen LogP) is 4.33. The molecule has 0 unspecified atom stereocenters. The van der Waals surface area contributed by atoms with Gasteiger partial charge in [-0.1, -0.05) is 32.9 Å². The Bertz CT molecular complexity index is 596. The normalized spacial score (nSPS) is 22.7. The van der Waals surface area contributed by atoms with Crippen LogP contribution in [0.5, 0.6) is 0 Å². The molecule has 0 bridgehead atoms. The van der Waals surface area contributed by atoms with Gasteiger partial charge in [0.05, 0.1) is 6.54 Å². The molecule has 2 aliphatic heterocycles. The fourth-order valence-electron chi connectivity index (χ4n) is 3.87. The molecule has 1 N–H and O–H groups in total. The molecule has 2 heterocycles. The summed E-state index contributed by atoms with van der Waals surface area (Å²) in [7, 11) is 0. The van der Waals surface area contributed by atoms with Crippen LogP contribution in [0.4, 0.5) is 13.2 Å². The molecule has 2 nitrogen and oxygen atoms in total. The number of nitrogens with one attached hydrogen (secondary N) is 1. The molecule has 0 radical (unpaired) electrons. The standard InChI is InChI=1S/C19H27F3N2/c1-18(2,3)14-9-13-11-24(12-19(20,21)22)8-6-15(13)16(10-14)17-5-4-7-23-17/h9-10,17,23H,4-8,11-12H2,1-3H3/t17-/m0/s1. The Morgan fingerprint density at radius 3 is 2.54 bits per heavy atom. The molecule has 0 spiro atoms. The highest BCUT2D eigenvalue weighted by molar-refractivity contribution is 5.45. The lowest BCUT2D eigenvalue weighted by Gasteiger charge is -2.34. The van der Waals surface area contributed by atoms with Gasteiger partial charge in [-0.3, -0.25) is 4.90 Å². The first-order valence-corrected chi connectivity index (χ1v) is 8.82. The van der Waals surface area contributed by atoms with Crippen LogP contribution >= 0.6 is 0 Å². The van der Waals surface area contributed by atoms with Crippen LogP contribution in [0.2, 0.25) is 0 Å². The highest BCUT2D eigenvalue weighted by Crippen LogP contribution is 2.36. The van der Waals surface area contributed by atoms with E-state index in [1.807, 2.05) is 0 Å². The van der Waals surface area contributed by atoms with Crippen LogP contribution in [0.25, 0.3) is 0 Å². The predicted molar refractivity (Wildman–Crippen MR) is 90.2 cm³/mol. The minimum Gasteiger partial charge on any atom is -0.310 e. The summed E-state index contributed by atoms with van der Waals surface area (Å²) in [5.74, 6) is 0.